The van der Waals surface area contributed by atoms with Crippen LogP contribution in [0.3, 0.4) is 0 Å². The molecule has 29 heavy (non-hydrogen) atoms. The Kier molecular flexibility index (Phi) is 6.47. The van der Waals surface area contributed by atoms with Crippen LogP contribution in [0.5, 0.6) is 0 Å². The minimum absolute atomic E-state index is 0.0578. The highest BCUT2D eigenvalue weighted by Gasteiger charge is 2.24. The molecule has 0 bridgehead atoms. The zero-order valence-electron chi connectivity index (χ0n) is 15.8. The molecule has 0 aliphatic rings. The van der Waals surface area contributed by atoms with Crippen LogP contribution >= 0.6 is 0 Å². The number of fused-ring (bicyclic) bond motifs is 1. The molecule has 0 saturated carbocycles. The number of H-pyrrole nitrogens is 1. The molecular formula is C21H21N3O5. The topological polar surface area (TPSA) is 110 Å². The summed E-state index contributed by atoms with van der Waals surface area (Å²) in [6.07, 6.45) is 0.805. The Balaban J connectivity index is 1.58. The van der Waals surface area contributed by atoms with Crippen LogP contribution in [0.4, 0.5) is 4.79 Å². The number of methoxy groups -OCH3 is 1. The summed E-state index contributed by atoms with van der Waals surface area (Å²) in [7, 11) is 1.20. The third-order valence-corrected chi connectivity index (χ3v) is 4.29. The molecule has 0 fully saturated rings. The lowest BCUT2D eigenvalue weighted by atomic mass is 10.1. The smallest absolute Gasteiger partial charge is 0.408 e. The molecule has 2 amide bonds. The maximum absolute atomic E-state index is 12.5. The van der Waals surface area contributed by atoms with E-state index in [1.54, 1.807) is 6.20 Å². The summed E-state index contributed by atoms with van der Waals surface area (Å²) in [5.74, 6) is -1.07. The molecule has 1 aromatic heterocycles. The summed E-state index contributed by atoms with van der Waals surface area (Å²) >= 11 is 0. The molecule has 1 unspecified atom stereocenters. The SMILES string of the molecule is COC(=O)C(CNC(=O)c1c[nH]c2ccccc12)NC(=O)OCc1ccccc1. The van der Waals surface area contributed by atoms with Gasteiger partial charge in [-0.2, -0.15) is 0 Å². The van der Waals surface area contributed by atoms with Crippen LogP contribution in [0.1, 0.15) is 15.9 Å². The van der Waals surface area contributed by atoms with E-state index in [1.165, 1.54) is 7.11 Å². The molecule has 0 aliphatic carbocycles. The van der Waals surface area contributed by atoms with Gasteiger partial charge in [0.05, 0.1) is 12.7 Å². The van der Waals surface area contributed by atoms with Gasteiger partial charge < -0.3 is 25.1 Å². The largest absolute Gasteiger partial charge is 0.467 e. The fourth-order valence-corrected chi connectivity index (χ4v) is 2.79. The predicted molar refractivity (Wildman–Crippen MR) is 106 cm³/mol. The van der Waals surface area contributed by atoms with E-state index < -0.39 is 18.1 Å². The maximum Gasteiger partial charge on any atom is 0.408 e. The summed E-state index contributed by atoms with van der Waals surface area (Å²) in [5.41, 5.74) is 2.07. The zero-order chi connectivity index (χ0) is 20.6. The number of hydrogen-bond donors (Lipinski definition) is 3. The quantitative estimate of drug-likeness (QED) is 0.532. The van der Waals surface area contributed by atoms with Crippen LogP contribution in [0.2, 0.25) is 0 Å². The number of amides is 2. The first-order valence-corrected chi connectivity index (χ1v) is 8.98. The summed E-state index contributed by atoms with van der Waals surface area (Å²) < 4.78 is 9.82. The predicted octanol–water partition coefficient (Wildman–Crippen LogP) is 2.37. The average molecular weight is 395 g/mol. The summed E-state index contributed by atoms with van der Waals surface area (Å²) in [4.78, 5) is 39.5. The van der Waals surface area contributed by atoms with E-state index >= 15 is 0 Å². The van der Waals surface area contributed by atoms with Gasteiger partial charge in [0.1, 0.15) is 12.6 Å². The molecule has 8 nitrogen and oxygen atoms in total. The summed E-state index contributed by atoms with van der Waals surface area (Å²) in [5, 5.41) is 5.82. The lowest BCUT2D eigenvalue weighted by molar-refractivity contribution is -0.142. The average Bonchev–Trinajstić information content (AvgIpc) is 3.19. The van der Waals surface area contributed by atoms with Gasteiger partial charge in [-0.3, -0.25) is 4.79 Å². The number of carbonyl (C=O) groups excluding carboxylic acids is 3. The Morgan fingerprint density at radius 3 is 2.52 bits per heavy atom. The highest BCUT2D eigenvalue weighted by Crippen LogP contribution is 2.17. The lowest BCUT2D eigenvalue weighted by Crippen LogP contribution is -2.49. The van der Waals surface area contributed by atoms with Gasteiger partial charge in [0.15, 0.2) is 0 Å². The number of rotatable bonds is 7. The number of ether oxygens (including phenoxy) is 2. The van der Waals surface area contributed by atoms with Gasteiger partial charge in [0.25, 0.3) is 5.91 Å². The van der Waals surface area contributed by atoms with Crippen LogP contribution in [0.25, 0.3) is 10.9 Å². The van der Waals surface area contributed by atoms with Crippen molar-refractivity contribution in [2.75, 3.05) is 13.7 Å². The molecule has 3 aromatic rings. The number of nitrogens with one attached hydrogen (secondary N) is 3. The molecule has 2 aromatic carbocycles. The molecule has 150 valence electrons. The highest BCUT2D eigenvalue weighted by atomic mass is 16.6. The molecule has 0 spiro atoms. The minimum Gasteiger partial charge on any atom is -0.467 e. The lowest BCUT2D eigenvalue weighted by Gasteiger charge is -2.17. The third-order valence-electron chi connectivity index (χ3n) is 4.29. The van der Waals surface area contributed by atoms with E-state index in [2.05, 4.69) is 15.6 Å². The van der Waals surface area contributed by atoms with E-state index in [9.17, 15) is 14.4 Å². The fourth-order valence-electron chi connectivity index (χ4n) is 2.79. The van der Waals surface area contributed by atoms with Crippen molar-refractivity contribution in [2.45, 2.75) is 12.6 Å². The van der Waals surface area contributed by atoms with E-state index in [4.69, 9.17) is 9.47 Å². The second-order valence-electron chi connectivity index (χ2n) is 6.24. The second kappa shape index (κ2) is 9.41. The second-order valence-corrected chi connectivity index (χ2v) is 6.24. The zero-order valence-corrected chi connectivity index (χ0v) is 15.8. The number of alkyl carbamates (subject to hydrolysis) is 1. The Bertz CT molecular complexity index is 1000. The first kappa shape index (κ1) is 19.9. The van der Waals surface area contributed by atoms with Crippen LogP contribution in [0, 0.1) is 0 Å². The Morgan fingerprint density at radius 1 is 1.03 bits per heavy atom. The maximum atomic E-state index is 12.5. The monoisotopic (exact) mass is 395 g/mol. The number of aromatic nitrogens is 1. The molecule has 8 heteroatoms. The van der Waals surface area contributed by atoms with Gasteiger partial charge in [0, 0.05) is 23.6 Å². The van der Waals surface area contributed by atoms with Crippen molar-refractivity contribution in [3.8, 4) is 0 Å². The number of hydrogen-bond acceptors (Lipinski definition) is 5. The first-order chi connectivity index (χ1) is 14.1. The summed E-state index contributed by atoms with van der Waals surface area (Å²) in [6, 6.07) is 15.4. The van der Waals surface area contributed by atoms with E-state index in [0.29, 0.717) is 5.56 Å². The van der Waals surface area contributed by atoms with E-state index in [1.807, 2.05) is 54.6 Å². The fraction of sp³-hybridized carbons (Fsp3) is 0.190. The van der Waals surface area contributed by atoms with Gasteiger partial charge in [0.2, 0.25) is 0 Å². The van der Waals surface area contributed by atoms with Crippen LogP contribution in [-0.2, 0) is 20.9 Å². The molecule has 3 N–H and O–H groups in total. The number of carbonyl (C=O) groups is 3. The number of aromatic amines is 1. The number of benzene rings is 2. The van der Waals surface area contributed by atoms with Crippen LogP contribution in [-0.4, -0.2) is 42.7 Å². The van der Waals surface area contributed by atoms with Crippen molar-refractivity contribution in [2.24, 2.45) is 0 Å². The molecular weight excluding hydrogens is 374 g/mol. The molecule has 0 saturated heterocycles. The minimum atomic E-state index is -1.09. The van der Waals surface area contributed by atoms with Gasteiger partial charge >= 0.3 is 12.1 Å². The Hall–Kier alpha value is -3.81. The molecule has 1 atom stereocenters. The van der Waals surface area contributed by atoms with Gasteiger partial charge in [-0.05, 0) is 11.6 Å². The standard InChI is InChI=1S/C21H21N3O5/c1-28-20(26)18(24-21(27)29-13-14-7-3-2-4-8-14)12-23-19(25)16-11-22-17-10-6-5-9-15(16)17/h2-11,18,22H,12-13H2,1H3,(H,23,25)(H,24,27). The van der Waals surface area contributed by atoms with Gasteiger partial charge in [-0.15, -0.1) is 0 Å². The Morgan fingerprint density at radius 2 is 1.76 bits per heavy atom. The van der Waals surface area contributed by atoms with Crippen molar-refractivity contribution in [3.05, 3.63) is 71.9 Å². The summed E-state index contributed by atoms with van der Waals surface area (Å²) in [6.45, 7) is -0.0896. The van der Waals surface area contributed by atoms with Crippen LogP contribution in [0.15, 0.2) is 60.8 Å². The van der Waals surface area contributed by atoms with E-state index in [-0.39, 0.29) is 19.1 Å². The number of para-hydroxylation sites is 1. The van der Waals surface area contributed by atoms with Crippen molar-refractivity contribution in [1.82, 2.24) is 15.6 Å². The van der Waals surface area contributed by atoms with Crippen molar-refractivity contribution >= 4 is 28.9 Å². The van der Waals surface area contributed by atoms with Gasteiger partial charge in [-0.25, -0.2) is 9.59 Å². The Labute approximate surface area is 167 Å². The van der Waals surface area contributed by atoms with Crippen molar-refractivity contribution < 1.29 is 23.9 Å². The number of esters is 1. The normalized spacial score (nSPS) is 11.5. The van der Waals surface area contributed by atoms with Crippen LogP contribution < -0.4 is 10.6 Å². The van der Waals surface area contributed by atoms with Gasteiger partial charge in [-0.1, -0.05) is 48.5 Å². The molecule has 0 radical (unpaired) electrons. The first-order valence-electron chi connectivity index (χ1n) is 8.98. The molecule has 0 aliphatic heterocycles. The van der Waals surface area contributed by atoms with Crippen molar-refractivity contribution in [1.29, 1.82) is 0 Å². The third kappa shape index (κ3) is 5.13. The molecule has 3 rings (SSSR count). The van der Waals surface area contributed by atoms with Crippen molar-refractivity contribution in [3.63, 3.8) is 0 Å². The van der Waals surface area contributed by atoms with E-state index in [0.717, 1.165) is 16.5 Å². The highest BCUT2D eigenvalue weighted by molar-refractivity contribution is 6.06. The molecule has 1 heterocycles.